The molecule has 7 nitrogen and oxygen atoms in total. The highest BCUT2D eigenvalue weighted by Gasteiger charge is 2.26. The fourth-order valence-electron chi connectivity index (χ4n) is 3.60. The van der Waals surface area contributed by atoms with Gasteiger partial charge in [0.15, 0.2) is 5.78 Å². The standard InChI is InChI=1S/C24H16N2O5/c27-24-19(11-16-5-3-8-20(12-16)25(28)29)15-18-7-1-2-10-22(18)23(24)14-17-6-4-9-21(13-17)26(30)31/h1-14H,15H2/b19-11+,23-14+. The highest BCUT2D eigenvalue weighted by Crippen LogP contribution is 2.34. The Labute approximate surface area is 177 Å². The summed E-state index contributed by atoms with van der Waals surface area (Å²) in [4.78, 5) is 34.5. The number of nitrogens with zero attached hydrogens (tertiary/aromatic N) is 2. The van der Waals surface area contributed by atoms with Gasteiger partial charge in [-0.3, -0.25) is 25.0 Å². The van der Waals surface area contributed by atoms with E-state index >= 15 is 0 Å². The monoisotopic (exact) mass is 412 g/mol. The first-order valence-electron chi connectivity index (χ1n) is 9.46. The SMILES string of the molecule is O=C1/C(=C/c2cccc([N+](=O)[O-])c2)Cc2ccccc2/C1=C\c1cccc([N+](=O)[O-])c1. The Morgan fingerprint density at radius 1 is 0.742 bits per heavy atom. The Hall–Kier alpha value is -4.39. The van der Waals surface area contributed by atoms with E-state index in [1.807, 2.05) is 24.3 Å². The first-order chi connectivity index (χ1) is 14.9. The minimum Gasteiger partial charge on any atom is -0.289 e. The van der Waals surface area contributed by atoms with E-state index < -0.39 is 9.85 Å². The highest BCUT2D eigenvalue weighted by atomic mass is 16.6. The zero-order valence-electron chi connectivity index (χ0n) is 16.2. The van der Waals surface area contributed by atoms with Crippen molar-refractivity contribution in [1.29, 1.82) is 0 Å². The van der Waals surface area contributed by atoms with E-state index in [9.17, 15) is 25.0 Å². The van der Waals surface area contributed by atoms with Crippen LogP contribution in [0, 0.1) is 20.2 Å². The number of carbonyl (C=O) groups excluding carboxylic acids is 1. The van der Waals surface area contributed by atoms with Crippen molar-refractivity contribution in [3.63, 3.8) is 0 Å². The molecule has 0 N–H and O–H groups in total. The average molecular weight is 412 g/mol. The number of carbonyl (C=O) groups is 1. The normalized spacial score (nSPS) is 15.7. The molecule has 0 aromatic heterocycles. The van der Waals surface area contributed by atoms with E-state index in [0.717, 1.165) is 11.1 Å². The van der Waals surface area contributed by atoms with Crippen molar-refractivity contribution in [3.8, 4) is 0 Å². The molecule has 0 saturated heterocycles. The molecule has 1 aliphatic carbocycles. The largest absolute Gasteiger partial charge is 0.289 e. The average Bonchev–Trinajstić information content (AvgIpc) is 2.77. The summed E-state index contributed by atoms with van der Waals surface area (Å²) in [7, 11) is 0. The Morgan fingerprint density at radius 2 is 1.32 bits per heavy atom. The van der Waals surface area contributed by atoms with Gasteiger partial charge in [0, 0.05) is 41.8 Å². The molecule has 31 heavy (non-hydrogen) atoms. The molecule has 4 rings (SSSR count). The van der Waals surface area contributed by atoms with E-state index in [1.165, 1.54) is 24.3 Å². The Bertz CT molecular complexity index is 1290. The molecule has 0 bridgehead atoms. The number of rotatable bonds is 4. The number of hydrogen-bond donors (Lipinski definition) is 0. The Balaban J connectivity index is 1.81. The number of fused-ring (bicyclic) bond motifs is 1. The smallest absolute Gasteiger partial charge is 0.270 e. The molecular formula is C24H16N2O5. The molecule has 0 fully saturated rings. The molecule has 7 heteroatoms. The number of allylic oxidation sites excluding steroid dienone is 2. The fourth-order valence-corrected chi connectivity index (χ4v) is 3.60. The summed E-state index contributed by atoms with van der Waals surface area (Å²) in [5.74, 6) is -0.211. The lowest BCUT2D eigenvalue weighted by atomic mass is 9.81. The van der Waals surface area contributed by atoms with Crippen molar-refractivity contribution in [2.24, 2.45) is 0 Å². The van der Waals surface area contributed by atoms with Crippen LogP contribution in [0.3, 0.4) is 0 Å². The van der Waals surface area contributed by atoms with Crippen LogP contribution in [0.1, 0.15) is 22.3 Å². The third-order valence-corrected chi connectivity index (χ3v) is 5.04. The summed E-state index contributed by atoms with van der Waals surface area (Å²) < 4.78 is 0. The summed E-state index contributed by atoms with van der Waals surface area (Å²) in [5.41, 5.74) is 3.64. The minimum absolute atomic E-state index is 0.0506. The predicted molar refractivity (Wildman–Crippen MR) is 117 cm³/mol. The molecule has 152 valence electrons. The molecule has 0 heterocycles. The number of nitro benzene ring substituents is 2. The van der Waals surface area contributed by atoms with Gasteiger partial charge in [-0.25, -0.2) is 0 Å². The van der Waals surface area contributed by atoms with Crippen LogP contribution < -0.4 is 0 Å². The lowest BCUT2D eigenvalue weighted by Crippen LogP contribution is -2.16. The summed E-state index contributed by atoms with van der Waals surface area (Å²) >= 11 is 0. The van der Waals surface area contributed by atoms with Crippen LogP contribution in [-0.2, 0) is 11.2 Å². The third kappa shape index (κ3) is 4.16. The van der Waals surface area contributed by atoms with Crippen LogP contribution >= 0.6 is 0 Å². The highest BCUT2D eigenvalue weighted by molar-refractivity contribution is 6.35. The van der Waals surface area contributed by atoms with Gasteiger partial charge in [0.25, 0.3) is 11.4 Å². The molecule has 1 aliphatic rings. The maximum absolute atomic E-state index is 13.3. The van der Waals surface area contributed by atoms with Crippen molar-refractivity contribution in [3.05, 3.63) is 121 Å². The van der Waals surface area contributed by atoms with E-state index in [2.05, 4.69) is 0 Å². The molecule has 0 radical (unpaired) electrons. The number of ketones is 1. The second-order valence-corrected chi connectivity index (χ2v) is 7.09. The zero-order chi connectivity index (χ0) is 22.0. The first kappa shape index (κ1) is 19.9. The van der Waals surface area contributed by atoms with E-state index in [0.29, 0.717) is 28.7 Å². The summed E-state index contributed by atoms with van der Waals surface area (Å²) in [6.45, 7) is 0. The van der Waals surface area contributed by atoms with Crippen molar-refractivity contribution in [1.82, 2.24) is 0 Å². The lowest BCUT2D eigenvalue weighted by molar-refractivity contribution is -0.385. The molecule has 0 aliphatic heterocycles. The summed E-state index contributed by atoms with van der Waals surface area (Å²) in [6.07, 6.45) is 3.70. The van der Waals surface area contributed by atoms with E-state index in [4.69, 9.17) is 0 Å². The van der Waals surface area contributed by atoms with E-state index in [1.54, 1.807) is 36.4 Å². The van der Waals surface area contributed by atoms with Crippen LogP contribution in [0.15, 0.2) is 78.4 Å². The Morgan fingerprint density at radius 3 is 1.94 bits per heavy atom. The molecule has 3 aromatic rings. The molecule has 0 atom stereocenters. The molecule has 0 unspecified atom stereocenters. The van der Waals surface area contributed by atoms with Crippen LogP contribution in [0.5, 0.6) is 0 Å². The van der Waals surface area contributed by atoms with Gasteiger partial charge in [-0.15, -0.1) is 0 Å². The molecule has 0 spiro atoms. The third-order valence-electron chi connectivity index (χ3n) is 5.04. The second-order valence-electron chi connectivity index (χ2n) is 7.09. The fraction of sp³-hybridized carbons (Fsp3) is 0.0417. The summed E-state index contributed by atoms with van der Waals surface area (Å²) in [6, 6.07) is 19.7. The second kappa shape index (κ2) is 8.16. The van der Waals surface area contributed by atoms with Crippen LogP contribution in [0.25, 0.3) is 17.7 Å². The molecule has 0 amide bonds. The van der Waals surface area contributed by atoms with Gasteiger partial charge >= 0.3 is 0 Å². The van der Waals surface area contributed by atoms with Crippen LogP contribution in [-0.4, -0.2) is 15.6 Å². The number of benzene rings is 3. The van der Waals surface area contributed by atoms with Gasteiger partial charge < -0.3 is 0 Å². The van der Waals surface area contributed by atoms with Gasteiger partial charge in [-0.1, -0.05) is 48.5 Å². The number of hydrogen-bond acceptors (Lipinski definition) is 5. The van der Waals surface area contributed by atoms with Gasteiger partial charge in [-0.2, -0.15) is 0 Å². The lowest BCUT2D eigenvalue weighted by Gasteiger charge is -2.21. The zero-order valence-corrected chi connectivity index (χ0v) is 16.2. The van der Waals surface area contributed by atoms with Crippen molar-refractivity contribution >= 4 is 34.9 Å². The number of nitro groups is 2. The maximum Gasteiger partial charge on any atom is 0.270 e. The minimum atomic E-state index is -0.480. The van der Waals surface area contributed by atoms with Gasteiger partial charge in [-0.05, 0) is 34.4 Å². The van der Waals surface area contributed by atoms with Gasteiger partial charge in [0.05, 0.1) is 9.85 Å². The van der Waals surface area contributed by atoms with Crippen LogP contribution in [0.4, 0.5) is 11.4 Å². The van der Waals surface area contributed by atoms with Crippen molar-refractivity contribution in [2.75, 3.05) is 0 Å². The number of Topliss-reactive ketones (excluding diaryl/α,β-unsaturated/α-hetero) is 1. The van der Waals surface area contributed by atoms with Crippen LogP contribution in [0.2, 0.25) is 0 Å². The topological polar surface area (TPSA) is 103 Å². The molecule has 3 aromatic carbocycles. The van der Waals surface area contributed by atoms with Gasteiger partial charge in [0.1, 0.15) is 0 Å². The molecular weight excluding hydrogens is 396 g/mol. The Kier molecular flexibility index (Phi) is 5.24. The summed E-state index contributed by atoms with van der Waals surface area (Å²) in [5, 5.41) is 22.2. The van der Waals surface area contributed by atoms with Gasteiger partial charge in [0.2, 0.25) is 0 Å². The quantitative estimate of drug-likeness (QED) is 0.331. The molecule has 0 saturated carbocycles. The van der Waals surface area contributed by atoms with E-state index in [-0.39, 0.29) is 17.2 Å². The first-order valence-corrected chi connectivity index (χ1v) is 9.46. The predicted octanol–water partition coefficient (Wildman–Crippen LogP) is 5.25. The number of non-ortho nitro benzene ring substituents is 2. The maximum atomic E-state index is 13.3. The van der Waals surface area contributed by atoms with Crippen molar-refractivity contribution < 1.29 is 14.6 Å². The van der Waals surface area contributed by atoms with Crippen molar-refractivity contribution in [2.45, 2.75) is 6.42 Å².